The number of pyridine rings is 1. The molecule has 1 atom stereocenters. The van der Waals surface area contributed by atoms with Crippen LogP contribution >= 0.6 is 0 Å². The van der Waals surface area contributed by atoms with Gasteiger partial charge in [-0.15, -0.1) is 0 Å². The number of benzene rings is 1. The quantitative estimate of drug-likeness (QED) is 0.743. The van der Waals surface area contributed by atoms with E-state index in [-0.39, 0.29) is 17.5 Å². The molecule has 0 aliphatic carbocycles. The Bertz CT molecular complexity index is 631. The molecule has 3 N–H and O–H groups in total. The summed E-state index contributed by atoms with van der Waals surface area (Å²) in [5, 5.41) is 12.1. The van der Waals surface area contributed by atoms with E-state index in [2.05, 4.69) is 10.3 Å². The van der Waals surface area contributed by atoms with Gasteiger partial charge in [-0.25, -0.2) is 0 Å². The van der Waals surface area contributed by atoms with Crippen LogP contribution in [0.15, 0.2) is 35.3 Å². The minimum atomic E-state index is -0.645. The average Bonchev–Trinajstić information content (AvgIpc) is 2.37. The molecule has 0 aliphatic heterocycles. The van der Waals surface area contributed by atoms with Gasteiger partial charge in [-0.2, -0.15) is 0 Å². The van der Waals surface area contributed by atoms with Crippen molar-refractivity contribution in [1.29, 1.82) is 0 Å². The second-order valence-corrected chi connectivity index (χ2v) is 4.14. The highest BCUT2D eigenvalue weighted by Gasteiger charge is 2.12. The number of hydrogen-bond donors (Lipinski definition) is 3. The van der Waals surface area contributed by atoms with Gasteiger partial charge in [0.2, 0.25) is 5.43 Å². The van der Waals surface area contributed by atoms with Crippen LogP contribution in [0.5, 0.6) is 0 Å². The van der Waals surface area contributed by atoms with E-state index in [1.54, 1.807) is 25.1 Å². The first-order valence-corrected chi connectivity index (χ1v) is 5.66. The van der Waals surface area contributed by atoms with Gasteiger partial charge in [0, 0.05) is 23.6 Å². The van der Waals surface area contributed by atoms with Crippen molar-refractivity contribution in [3.05, 3.63) is 46.2 Å². The fourth-order valence-electron chi connectivity index (χ4n) is 1.67. The van der Waals surface area contributed by atoms with Gasteiger partial charge in [0.25, 0.3) is 5.91 Å². The van der Waals surface area contributed by atoms with Crippen LogP contribution in [-0.2, 0) is 0 Å². The summed E-state index contributed by atoms with van der Waals surface area (Å²) in [4.78, 5) is 26.7. The topological polar surface area (TPSA) is 82.2 Å². The van der Waals surface area contributed by atoms with Crippen molar-refractivity contribution in [3.8, 4) is 0 Å². The lowest BCUT2D eigenvalue weighted by Crippen LogP contribution is -2.33. The van der Waals surface area contributed by atoms with E-state index in [9.17, 15) is 9.59 Å². The Morgan fingerprint density at radius 3 is 2.89 bits per heavy atom. The number of aromatic amines is 1. The molecule has 1 heterocycles. The number of aliphatic hydroxyl groups is 1. The summed E-state index contributed by atoms with van der Waals surface area (Å²) in [7, 11) is 0. The number of para-hydroxylation sites is 1. The lowest BCUT2D eigenvalue weighted by atomic mass is 10.1. The Morgan fingerprint density at radius 1 is 1.44 bits per heavy atom. The number of aromatic nitrogens is 1. The minimum absolute atomic E-state index is 0.0503. The van der Waals surface area contributed by atoms with E-state index >= 15 is 0 Å². The Labute approximate surface area is 103 Å². The molecule has 2 aromatic rings. The molecule has 0 saturated carbocycles. The Hall–Kier alpha value is -2.14. The maximum Gasteiger partial charge on any atom is 0.256 e. The number of hydrogen-bond acceptors (Lipinski definition) is 3. The number of fused-ring (bicyclic) bond motifs is 1. The molecule has 0 saturated heterocycles. The molecule has 5 nitrogen and oxygen atoms in total. The summed E-state index contributed by atoms with van der Waals surface area (Å²) in [6.45, 7) is 1.68. The van der Waals surface area contributed by atoms with Gasteiger partial charge >= 0.3 is 0 Å². The van der Waals surface area contributed by atoms with E-state index in [4.69, 9.17) is 5.11 Å². The third-order valence-corrected chi connectivity index (χ3v) is 2.59. The van der Waals surface area contributed by atoms with Gasteiger partial charge in [-0.3, -0.25) is 9.59 Å². The predicted molar refractivity (Wildman–Crippen MR) is 68.6 cm³/mol. The molecular formula is C13H14N2O3. The summed E-state index contributed by atoms with van der Waals surface area (Å²) >= 11 is 0. The Morgan fingerprint density at radius 2 is 2.17 bits per heavy atom. The van der Waals surface area contributed by atoms with E-state index < -0.39 is 12.0 Å². The molecule has 0 fully saturated rings. The van der Waals surface area contributed by atoms with Gasteiger partial charge < -0.3 is 15.4 Å². The highest BCUT2D eigenvalue weighted by molar-refractivity contribution is 5.97. The normalized spacial score (nSPS) is 12.3. The van der Waals surface area contributed by atoms with Crippen LogP contribution < -0.4 is 10.7 Å². The first kappa shape index (κ1) is 12.3. The monoisotopic (exact) mass is 246 g/mol. The summed E-state index contributed by atoms with van der Waals surface area (Å²) in [5.41, 5.74) is 0.427. The van der Waals surface area contributed by atoms with Crippen molar-refractivity contribution in [1.82, 2.24) is 10.3 Å². The Kier molecular flexibility index (Phi) is 3.43. The molecule has 94 valence electrons. The number of aliphatic hydroxyl groups excluding tert-OH is 1. The summed E-state index contributed by atoms with van der Waals surface area (Å²) in [6, 6.07) is 6.99. The molecule has 0 spiro atoms. The molecule has 2 rings (SSSR count). The van der Waals surface area contributed by atoms with Gasteiger partial charge in [0.05, 0.1) is 6.10 Å². The molecule has 0 bridgehead atoms. The molecule has 0 aliphatic rings. The Balaban J connectivity index is 2.37. The van der Waals surface area contributed by atoms with Crippen LogP contribution in [0.3, 0.4) is 0 Å². The highest BCUT2D eigenvalue weighted by Crippen LogP contribution is 2.06. The second kappa shape index (κ2) is 5.01. The van der Waals surface area contributed by atoms with Crippen molar-refractivity contribution in [2.75, 3.05) is 6.54 Å². The van der Waals surface area contributed by atoms with Crippen LogP contribution in [0.1, 0.15) is 17.3 Å². The van der Waals surface area contributed by atoms with Gasteiger partial charge in [0.15, 0.2) is 0 Å². The number of carbonyl (C=O) groups is 1. The number of nitrogens with one attached hydrogen (secondary N) is 2. The fraction of sp³-hybridized carbons (Fsp3) is 0.231. The summed E-state index contributed by atoms with van der Waals surface area (Å²) < 4.78 is 0. The van der Waals surface area contributed by atoms with Crippen LogP contribution in [0.2, 0.25) is 0 Å². The van der Waals surface area contributed by atoms with Crippen molar-refractivity contribution in [2.45, 2.75) is 13.0 Å². The molecule has 0 radical (unpaired) electrons. The lowest BCUT2D eigenvalue weighted by Gasteiger charge is -2.07. The van der Waals surface area contributed by atoms with Crippen LogP contribution in [0, 0.1) is 0 Å². The molecule has 5 heteroatoms. The fourth-order valence-corrected chi connectivity index (χ4v) is 1.67. The maximum absolute atomic E-state index is 12.1. The van der Waals surface area contributed by atoms with E-state index in [0.29, 0.717) is 10.9 Å². The zero-order valence-corrected chi connectivity index (χ0v) is 9.93. The van der Waals surface area contributed by atoms with E-state index in [1.807, 2.05) is 6.07 Å². The van der Waals surface area contributed by atoms with Gasteiger partial charge in [0.1, 0.15) is 5.56 Å². The molecule has 1 unspecified atom stereocenters. The number of carbonyl (C=O) groups excluding carboxylic acids is 1. The number of H-pyrrole nitrogens is 1. The van der Waals surface area contributed by atoms with Crippen molar-refractivity contribution in [3.63, 3.8) is 0 Å². The third-order valence-electron chi connectivity index (χ3n) is 2.59. The first-order chi connectivity index (χ1) is 8.59. The van der Waals surface area contributed by atoms with E-state index in [1.165, 1.54) is 6.20 Å². The average molecular weight is 246 g/mol. The van der Waals surface area contributed by atoms with Crippen LogP contribution in [0.25, 0.3) is 10.9 Å². The second-order valence-electron chi connectivity index (χ2n) is 4.14. The zero-order valence-electron chi connectivity index (χ0n) is 9.93. The molecular weight excluding hydrogens is 232 g/mol. The maximum atomic E-state index is 12.1. The van der Waals surface area contributed by atoms with Crippen molar-refractivity contribution in [2.24, 2.45) is 0 Å². The zero-order chi connectivity index (χ0) is 13.1. The largest absolute Gasteiger partial charge is 0.392 e. The third kappa shape index (κ3) is 2.41. The first-order valence-electron chi connectivity index (χ1n) is 5.66. The number of rotatable bonds is 3. The minimum Gasteiger partial charge on any atom is -0.392 e. The van der Waals surface area contributed by atoms with E-state index in [0.717, 1.165) is 0 Å². The number of amides is 1. The molecule has 1 aromatic heterocycles. The van der Waals surface area contributed by atoms with Crippen molar-refractivity contribution >= 4 is 16.8 Å². The highest BCUT2D eigenvalue weighted by atomic mass is 16.3. The van der Waals surface area contributed by atoms with Crippen LogP contribution in [-0.4, -0.2) is 28.6 Å². The SMILES string of the molecule is CC(O)CNC(=O)c1c[nH]c2ccccc2c1=O. The van der Waals surface area contributed by atoms with Gasteiger partial charge in [-0.05, 0) is 19.1 Å². The summed E-state index contributed by atoms with van der Waals surface area (Å²) in [5.74, 6) is -0.483. The molecule has 18 heavy (non-hydrogen) atoms. The van der Waals surface area contributed by atoms with Crippen molar-refractivity contribution < 1.29 is 9.90 Å². The predicted octanol–water partition coefficient (Wildman–Crippen LogP) is 0.639. The summed E-state index contributed by atoms with van der Waals surface area (Å²) in [6.07, 6.45) is 0.746. The standard InChI is InChI=1S/C13H14N2O3/c1-8(16)6-15-13(18)10-7-14-11-5-3-2-4-9(11)12(10)17/h2-5,7-8,16H,6H2,1H3,(H,14,17)(H,15,18). The van der Waals surface area contributed by atoms with Gasteiger partial charge in [-0.1, -0.05) is 12.1 Å². The molecule has 1 amide bonds. The lowest BCUT2D eigenvalue weighted by molar-refractivity contribution is 0.0923. The molecule has 1 aromatic carbocycles. The van der Waals surface area contributed by atoms with Crippen LogP contribution in [0.4, 0.5) is 0 Å². The smallest absolute Gasteiger partial charge is 0.256 e.